The molecule has 0 saturated carbocycles. The van der Waals surface area contributed by atoms with Crippen molar-refractivity contribution in [3.8, 4) is 5.75 Å². The molecule has 108 valence electrons. The van der Waals surface area contributed by atoms with Crippen LogP contribution in [0.1, 0.15) is 28.4 Å². The number of para-hydroxylation sites is 1. The van der Waals surface area contributed by atoms with E-state index in [1.54, 1.807) is 12.1 Å². The molecule has 0 fully saturated rings. The van der Waals surface area contributed by atoms with Crippen molar-refractivity contribution in [2.45, 2.75) is 12.5 Å². The topological polar surface area (TPSA) is 38.3 Å². The Labute approximate surface area is 136 Å². The summed E-state index contributed by atoms with van der Waals surface area (Å²) in [4.78, 5) is 12.4. The van der Waals surface area contributed by atoms with Gasteiger partial charge >= 0.3 is 0 Å². The lowest BCUT2D eigenvalue weighted by Gasteiger charge is -2.26. The second kappa shape index (κ2) is 6.08. The molecule has 1 amide bonds. The van der Waals surface area contributed by atoms with E-state index in [2.05, 4.69) is 21.2 Å². The molecule has 2 aromatic rings. The summed E-state index contributed by atoms with van der Waals surface area (Å²) in [6.07, 6.45) is 0.744. The minimum Gasteiger partial charge on any atom is -0.493 e. The van der Waals surface area contributed by atoms with Crippen LogP contribution in [-0.4, -0.2) is 12.5 Å². The van der Waals surface area contributed by atoms with Crippen LogP contribution in [0.4, 0.5) is 0 Å². The number of carbonyl (C=O) groups is 1. The molecule has 1 atom stereocenters. The molecule has 0 aromatic heterocycles. The molecule has 0 unspecified atom stereocenters. The quantitative estimate of drug-likeness (QED) is 0.858. The Morgan fingerprint density at radius 3 is 2.95 bits per heavy atom. The van der Waals surface area contributed by atoms with Crippen LogP contribution in [-0.2, 0) is 0 Å². The van der Waals surface area contributed by atoms with Gasteiger partial charge in [-0.1, -0.05) is 45.7 Å². The molecule has 1 N–H and O–H groups in total. The van der Waals surface area contributed by atoms with Crippen molar-refractivity contribution < 1.29 is 9.53 Å². The third-order valence-electron chi connectivity index (χ3n) is 3.44. The van der Waals surface area contributed by atoms with Crippen LogP contribution in [0.25, 0.3) is 0 Å². The maximum atomic E-state index is 12.4. The van der Waals surface area contributed by atoms with Crippen molar-refractivity contribution in [1.29, 1.82) is 0 Å². The van der Waals surface area contributed by atoms with Gasteiger partial charge in [0.05, 0.1) is 23.2 Å². The minimum absolute atomic E-state index is 0.0579. The summed E-state index contributed by atoms with van der Waals surface area (Å²) in [5, 5.41) is 3.48. The van der Waals surface area contributed by atoms with Gasteiger partial charge in [-0.05, 0) is 24.3 Å². The van der Waals surface area contributed by atoms with Crippen LogP contribution >= 0.6 is 27.5 Å². The third-order valence-corrected chi connectivity index (χ3v) is 4.26. The zero-order valence-electron chi connectivity index (χ0n) is 11.1. The average Bonchev–Trinajstić information content (AvgIpc) is 2.50. The van der Waals surface area contributed by atoms with E-state index in [-0.39, 0.29) is 11.9 Å². The fraction of sp³-hybridized carbons (Fsp3) is 0.188. The standard InChI is InChI=1S/C16H13BrClNO2/c17-10-5-6-13(18)12(9-10)16(20)19-14-7-8-21-15-4-2-1-3-11(14)15/h1-6,9,14H,7-8H2,(H,19,20)/t14-/m0/s1. The van der Waals surface area contributed by atoms with Crippen molar-refractivity contribution in [2.24, 2.45) is 0 Å². The highest BCUT2D eigenvalue weighted by atomic mass is 79.9. The lowest BCUT2D eigenvalue weighted by atomic mass is 10.00. The van der Waals surface area contributed by atoms with Gasteiger partial charge in [0.15, 0.2) is 0 Å². The number of rotatable bonds is 2. The van der Waals surface area contributed by atoms with Crippen molar-refractivity contribution in [3.63, 3.8) is 0 Å². The van der Waals surface area contributed by atoms with E-state index in [0.29, 0.717) is 17.2 Å². The average molecular weight is 367 g/mol. The van der Waals surface area contributed by atoms with Gasteiger partial charge in [0, 0.05) is 16.5 Å². The molecule has 3 nitrogen and oxygen atoms in total. The molecule has 21 heavy (non-hydrogen) atoms. The number of amides is 1. The monoisotopic (exact) mass is 365 g/mol. The van der Waals surface area contributed by atoms with E-state index >= 15 is 0 Å². The molecule has 1 aliphatic heterocycles. The van der Waals surface area contributed by atoms with Crippen LogP contribution in [0.3, 0.4) is 0 Å². The normalized spacial score (nSPS) is 16.8. The van der Waals surface area contributed by atoms with E-state index in [9.17, 15) is 4.79 Å². The number of ether oxygens (including phenoxy) is 1. The summed E-state index contributed by atoms with van der Waals surface area (Å²) in [5.41, 5.74) is 1.47. The van der Waals surface area contributed by atoms with Crippen molar-refractivity contribution in [3.05, 3.63) is 63.1 Å². The molecule has 1 heterocycles. The third kappa shape index (κ3) is 3.06. The number of carbonyl (C=O) groups excluding carboxylic acids is 1. The Balaban J connectivity index is 1.84. The number of hydrogen-bond donors (Lipinski definition) is 1. The van der Waals surface area contributed by atoms with Crippen molar-refractivity contribution in [2.75, 3.05) is 6.61 Å². The highest BCUT2D eigenvalue weighted by Crippen LogP contribution is 2.32. The van der Waals surface area contributed by atoms with Crippen LogP contribution in [0, 0.1) is 0 Å². The minimum atomic E-state index is -0.178. The Kier molecular flexibility index (Phi) is 4.17. The molecule has 0 saturated heterocycles. The SMILES string of the molecule is O=C(N[C@H]1CCOc2ccccc21)c1cc(Br)ccc1Cl. The molecule has 1 aliphatic rings. The highest BCUT2D eigenvalue weighted by molar-refractivity contribution is 9.10. The Morgan fingerprint density at radius 2 is 2.10 bits per heavy atom. The lowest BCUT2D eigenvalue weighted by molar-refractivity contribution is 0.0925. The fourth-order valence-corrected chi connectivity index (χ4v) is 2.96. The van der Waals surface area contributed by atoms with E-state index < -0.39 is 0 Å². The van der Waals surface area contributed by atoms with Crippen molar-refractivity contribution >= 4 is 33.4 Å². The van der Waals surface area contributed by atoms with Crippen LogP contribution in [0.5, 0.6) is 5.75 Å². The summed E-state index contributed by atoms with van der Waals surface area (Å²) in [7, 11) is 0. The molecular formula is C16H13BrClNO2. The number of benzene rings is 2. The maximum Gasteiger partial charge on any atom is 0.253 e. The van der Waals surface area contributed by atoms with Gasteiger partial charge in [0.2, 0.25) is 0 Å². The van der Waals surface area contributed by atoms with Gasteiger partial charge < -0.3 is 10.1 Å². The van der Waals surface area contributed by atoms with E-state index in [1.807, 2.05) is 30.3 Å². The van der Waals surface area contributed by atoms with Crippen LogP contribution < -0.4 is 10.1 Å². The van der Waals surface area contributed by atoms with E-state index in [1.165, 1.54) is 0 Å². The maximum absolute atomic E-state index is 12.4. The Bertz CT molecular complexity index is 690. The van der Waals surface area contributed by atoms with E-state index in [4.69, 9.17) is 16.3 Å². The first-order chi connectivity index (χ1) is 10.1. The second-order valence-electron chi connectivity index (χ2n) is 4.83. The van der Waals surface area contributed by atoms with Gasteiger partial charge in [-0.3, -0.25) is 4.79 Å². The van der Waals surface area contributed by atoms with Crippen LogP contribution in [0.15, 0.2) is 46.9 Å². The molecule has 0 aliphatic carbocycles. The molecule has 5 heteroatoms. The Morgan fingerprint density at radius 1 is 1.29 bits per heavy atom. The fourth-order valence-electron chi connectivity index (χ4n) is 2.40. The number of nitrogens with one attached hydrogen (secondary N) is 1. The molecule has 3 rings (SSSR count). The summed E-state index contributed by atoms with van der Waals surface area (Å²) in [6, 6.07) is 12.9. The molecule has 0 spiro atoms. The first kappa shape index (κ1) is 14.4. The first-order valence-corrected chi connectivity index (χ1v) is 7.80. The smallest absolute Gasteiger partial charge is 0.253 e. The molecule has 2 aromatic carbocycles. The first-order valence-electron chi connectivity index (χ1n) is 6.63. The van der Waals surface area contributed by atoms with Gasteiger partial charge in [0.25, 0.3) is 5.91 Å². The molecule has 0 bridgehead atoms. The predicted octanol–water partition coefficient (Wildman–Crippen LogP) is 4.36. The van der Waals surface area contributed by atoms with Crippen molar-refractivity contribution in [1.82, 2.24) is 5.32 Å². The second-order valence-corrected chi connectivity index (χ2v) is 6.15. The largest absolute Gasteiger partial charge is 0.493 e. The van der Waals surface area contributed by atoms with Gasteiger partial charge in [-0.2, -0.15) is 0 Å². The highest BCUT2D eigenvalue weighted by Gasteiger charge is 2.23. The van der Waals surface area contributed by atoms with Gasteiger partial charge in [0.1, 0.15) is 5.75 Å². The number of halogens is 2. The summed E-state index contributed by atoms with van der Waals surface area (Å²) >= 11 is 9.46. The number of fused-ring (bicyclic) bond motifs is 1. The Hall–Kier alpha value is -1.52. The zero-order chi connectivity index (χ0) is 14.8. The number of hydrogen-bond acceptors (Lipinski definition) is 2. The van der Waals surface area contributed by atoms with Gasteiger partial charge in [-0.15, -0.1) is 0 Å². The zero-order valence-corrected chi connectivity index (χ0v) is 13.4. The lowest BCUT2D eigenvalue weighted by Crippen LogP contribution is -2.32. The molecular weight excluding hydrogens is 354 g/mol. The summed E-state index contributed by atoms with van der Waals surface area (Å²) in [6.45, 7) is 0.591. The van der Waals surface area contributed by atoms with E-state index in [0.717, 1.165) is 22.2 Å². The molecule has 0 radical (unpaired) electrons. The summed E-state index contributed by atoms with van der Waals surface area (Å²) < 4.78 is 6.42. The van der Waals surface area contributed by atoms with Crippen LogP contribution in [0.2, 0.25) is 5.02 Å². The summed E-state index contributed by atoms with van der Waals surface area (Å²) in [5.74, 6) is 0.650. The van der Waals surface area contributed by atoms with Gasteiger partial charge in [-0.25, -0.2) is 0 Å². The predicted molar refractivity (Wildman–Crippen MR) is 85.9 cm³/mol.